The summed E-state index contributed by atoms with van der Waals surface area (Å²) in [7, 11) is 0. The van der Waals surface area contributed by atoms with Gasteiger partial charge in [0, 0.05) is 12.8 Å². The van der Waals surface area contributed by atoms with Crippen LogP contribution in [0, 0.1) is 0 Å². The highest BCUT2D eigenvalue weighted by Gasteiger charge is 2.42. The van der Waals surface area contributed by atoms with E-state index >= 15 is 0 Å². The van der Waals surface area contributed by atoms with Gasteiger partial charge in [-0.25, -0.2) is 0 Å². The maximum Gasteiger partial charge on any atom is 0.227 e. The lowest BCUT2D eigenvalue weighted by molar-refractivity contribution is -0.286. The Morgan fingerprint density at radius 1 is 1.00 bits per heavy atom. The topological polar surface area (TPSA) is 157 Å². The number of nitrogens with one attached hydrogen (secondary N) is 1. The molecule has 0 radical (unpaired) electrons. The van der Waals surface area contributed by atoms with Crippen molar-refractivity contribution in [1.29, 1.82) is 0 Å². The molecule has 0 saturated carbocycles. The first-order chi connectivity index (χ1) is 8.86. The SMILES string of the molecule is O=C1CCC(=O)N1.OC[C@H]1OC(O)[C@H](O)[C@@H](O)[C@H]1O. The first-order valence-corrected chi connectivity index (χ1v) is 5.68. The molecule has 110 valence electrons. The summed E-state index contributed by atoms with van der Waals surface area (Å²) in [6, 6.07) is 0. The van der Waals surface area contributed by atoms with Crippen molar-refractivity contribution in [3.8, 4) is 0 Å². The summed E-state index contributed by atoms with van der Waals surface area (Å²) in [6.07, 6.45) is -6.29. The van der Waals surface area contributed by atoms with Gasteiger partial charge in [0.1, 0.15) is 24.4 Å². The van der Waals surface area contributed by atoms with Crippen LogP contribution in [0.2, 0.25) is 0 Å². The van der Waals surface area contributed by atoms with Gasteiger partial charge in [-0.1, -0.05) is 0 Å². The van der Waals surface area contributed by atoms with Crippen molar-refractivity contribution in [1.82, 2.24) is 5.32 Å². The number of aliphatic hydroxyl groups is 5. The van der Waals surface area contributed by atoms with Crippen LogP contribution >= 0.6 is 0 Å². The van der Waals surface area contributed by atoms with E-state index in [2.05, 4.69) is 10.1 Å². The predicted molar refractivity (Wildman–Crippen MR) is 58.4 cm³/mol. The number of hydrogen-bond acceptors (Lipinski definition) is 8. The van der Waals surface area contributed by atoms with E-state index in [-0.39, 0.29) is 11.8 Å². The number of carbonyl (C=O) groups is 2. The van der Waals surface area contributed by atoms with E-state index in [1.54, 1.807) is 0 Å². The van der Waals surface area contributed by atoms with E-state index in [1.165, 1.54) is 0 Å². The lowest BCUT2D eigenvalue weighted by atomic mass is 10.00. The van der Waals surface area contributed by atoms with Gasteiger partial charge >= 0.3 is 0 Å². The summed E-state index contributed by atoms with van der Waals surface area (Å²) in [5.41, 5.74) is 0. The maximum absolute atomic E-state index is 10.1. The molecule has 19 heavy (non-hydrogen) atoms. The first-order valence-electron chi connectivity index (χ1n) is 5.68. The molecule has 9 heteroatoms. The third kappa shape index (κ3) is 4.20. The summed E-state index contributed by atoms with van der Waals surface area (Å²) in [4.78, 5) is 20.2. The zero-order chi connectivity index (χ0) is 14.6. The number of carbonyl (C=O) groups excluding carboxylic acids is 2. The number of amides is 2. The van der Waals surface area contributed by atoms with Crippen LogP contribution in [0.25, 0.3) is 0 Å². The summed E-state index contributed by atoms with van der Waals surface area (Å²) in [5.74, 6) is -0.296. The second-order valence-electron chi connectivity index (χ2n) is 4.19. The van der Waals surface area contributed by atoms with Gasteiger partial charge in [0.05, 0.1) is 6.61 Å². The number of hydrogen-bond donors (Lipinski definition) is 6. The van der Waals surface area contributed by atoms with Crippen molar-refractivity contribution in [3.63, 3.8) is 0 Å². The van der Waals surface area contributed by atoms with E-state index in [1.807, 2.05) is 0 Å². The van der Waals surface area contributed by atoms with Crippen molar-refractivity contribution in [2.24, 2.45) is 0 Å². The Balaban J connectivity index is 0.000000218. The van der Waals surface area contributed by atoms with Crippen molar-refractivity contribution in [2.75, 3.05) is 6.61 Å². The van der Waals surface area contributed by atoms with E-state index < -0.39 is 37.3 Å². The van der Waals surface area contributed by atoms with Gasteiger partial charge in [0.2, 0.25) is 11.8 Å². The van der Waals surface area contributed by atoms with Gasteiger partial charge in [-0.2, -0.15) is 0 Å². The highest BCUT2D eigenvalue weighted by molar-refractivity contribution is 6.01. The summed E-state index contributed by atoms with van der Waals surface area (Å²) in [6.45, 7) is -0.526. The van der Waals surface area contributed by atoms with Crippen LogP contribution in [0.3, 0.4) is 0 Å². The minimum Gasteiger partial charge on any atom is -0.394 e. The van der Waals surface area contributed by atoms with Crippen LogP contribution in [0.4, 0.5) is 0 Å². The van der Waals surface area contributed by atoms with Gasteiger partial charge in [-0.05, 0) is 0 Å². The van der Waals surface area contributed by atoms with E-state index in [0.717, 1.165) is 0 Å². The monoisotopic (exact) mass is 279 g/mol. The molecule has 2 saturated heterocycles. The Morgan fingerprint density at radius 2 is 1.53 bits per heavy atom. The normalized spacial score (nSPS) is 38.5. The molecule has 0 aromatic rings. The van der Waals surface area contributed by atoms with Crippen molar-refractivity contribution >= 4 is 11.8 Å². The fourth-order valence-electron chi connectivity index (χ4n) is 1.59. The van der Waals surface area contributed by atoms with Crippen molar-refractivity contribution < 1.29 is 39.9 Å². The quantitative estimate of drug-likeness (QED) is 0.267. The van der Waals surface area contributed by atoms with Crippen molar-refractivity contribution in [2.45, 2.75) is 43.5 Å². The molecule has 1 unspecified atom stereocenters. The zero-order valence-electron chi connectivity index (χ0n) is 9.97. The van der Waals surface area contributed by atoms with Gasteiger partial charge in [-0.3, -0.25) is 14.9 Å². The second kappa shape index (κ2) is 6.89. The molecule has 0 aliphatic carbocycles. The molecule has 0 aromatic heterocycles. The van der Waals surface area contributed by atoms with Crippen LogP contribution in [0.1, 0.15) is 12.8 Å². The van der Waals surface area contributed by atoms with Gasteiger partial charge < -0.3 is 30.3 Å². The second-order valence-corrected chi connectivity index (χ2v) is 4.19. The largest absolute Gasteiger partial charge is 0.394 e. The lowest BCUT2D eigenvalue weighted by Gasteiger charge is -2.37. The summed E-state index contributed by atoms with van der Waals surface area (Å²) in [5, 5.41) is 46.8. The van der Waals surface area contributed by atoms with Crippen LogP contribution in [0.5, 0.6) is 0 Å². The number of imide groups is 1. The number of aliphatic hydroxyl groups excluding tert-OH is 5. The van der Waals surface area contributed by atoms with E-state index in [0.29, 0.717) is 12.8 Å². The van der Waals surface area contributed by atoms with E-state index in [4.69, 9.17) is 25.5 Å². The summed E-state index contributed by atoms with van der Waals surface area (Å²) < 4.78 is 4.58. The molecule has 0 spiro atoms. The molecule has 2 aliphatic heterocycles. The van der Waals surface area contributed by atoms with Gasteiger partial charge in [0.15, 0.2) is 6.29 Å². The van der Waals surface area contributed by atoms with Crippen LogP contribution in [-0.4, -0.2) is 74.7 Å². The Hall–Kier alpha value is -1.10. The molecule has 9 nitrogen and oxygen atoms in total. The standard InChI is InChI=1S/C6H12O6.C4H5NO2/c7-1-2-3(8)4(9)5(10)6(11)12-2;6-3-1-2-4(7)5-3/h2-11H,1H2;1-2H2,(H,5,6,7)/t2-,3+,4+,5-,6?;/m1./s1. The Labute approximate surface area is 108 Å². The summed E-state index contributed by atoms with van der Waals surface area (Å²) >= 11 is 0. The highest BCUT2D eigenvalue weighted by atomic mass is 16.6. The van der Waals surface area contributed by atoms with E-state index in [9.17, 15) is 9.59 Å². The zero-order valence-corrected chi connectivity index (χ0v) is 9.97. The van der Waals surface area contributed by atoms with Gasteiger partial charge in [-0.15, -0.1) is 0 Å². The molecular formula is C10H17NO8. The highest BCUT2D eigenvalue weighted by Crippen LogP contribution is 2.18. The maximum atomic E-state index is 10.1. The smallest absolute Gasteiger partial charge is 0.227 e. The fourth-order valence-corrected chi connectivity index (χ4v) is 1.59. The molecule has 0 aromatic carbocycles. The molecule has 2 amide bonds. The Bertz CT molecular complexity index is 317. The van der Waals surface area contributed by atoms with Crippen LogP contribution < -0.4 is 5.32 Å². The number of ether oxygens (including phenoxy) is 1. The third-order valence-corrected chi connectivity index (χ3v) is 2.73. The average Bonchev–Trinajstić information content (AvgIpc) is 2.76. The molecule has 2 aliphatic rings. The molecule has 2 fully saturated rings. The lowest BCUT2D eigenvalue weighted by Crippen LogP contribution is -2.58. The fraction of sp³-hybridized carbons (Fsp3) is 0.800. The third-order valence-electron chi connectivity index (χ3n) is 2.73. The van der Waals surface area contributed by atoms with Crippen molar-refractivity contribution in [3.05, 3.63) is 0 Å². The molecule has 2 heterocycles. The Kier molecular flexibility index (Phi) is 5.79. The molecule has 6 N–H and O–H groups in total. The van der Waals surface area contributed by atoms with Crippen LogP contribution in [-0.2, 0) is 14.3 Å². The first kappa shape index (κ1) is 16.0. The molecular weight excluding hydrogens is 262 g/mol. The molecule has 2 rings (SSSR count). The minimum atomic E-state index is -1.57. The minimum absolute atomic E-state index is 0.148. The number of rotatable bonds is 1. The predicted octanol–water partition coefficient (Wildman–Crippen LogP) is -3.80. The van der Waals surface area contributed by atoms with Crippen LogP contribution in [0.15, 0.2) is 0 Å². The molecule has 5 atom stereocenters. The average molecular weight is 279 g/mol. The molecule has 0 bridgehead atoms. The Morgan fingerprint density at radius 3 is 1.89 bits per heavy atom. The van der Waals surface area contributed by atoms with Gasteiger partial charge in [0.25, 0.3) is 0 Å².